The first-order valence-corrected chi connectivity index (χ1v) is 8.22. The van der Waals surface area contributed by atoms with Gasteiger partial charge in [0.1, 0.15) is 12.1 Å². The first kappa shape index (κ1) is 14.8. The molecule has 0 N–H and O–H groups in total. The van der Waals surface area contributed by atoms with Crippen LogP contribution in [0, 0.1) is 13.8 Å². The van der Waals surface area contributed by atoms with Gasteiger partial charge in [-0.15, -0.1) is 0 Å². The summed E-state index contributed by atoms with van der Waals surface area (Å²) in [4.78, 5) is 22.7. The maximum atomic E-state index is 4.83. The summed E-state index contributed by atoms with van der Waals surface area (Å²) >= 11 is 0. The third kappa shape index (κ3) is 2.64. The van der Waals surface area contributed by atoms with Crippen LogP contribution in [0.3, 0.4) is 0 Å². The number of fused-ring (bicyclic) bond motifs is 1. The fraction of sp³-hybridized carbons (Fsp3) is 0.333. The van der Waals surface area contributed by atoms with Gasteiger partial charge < -0.3 is 9.80 Å². The Morgan fingerprint density at radius 1 is 0.833 bits per heavy atom. The molecule has 6 heteroatoms. The zero-order valence-electron chi connectivity index (χ0n) is 14.0. The lowest BCUT2D eigenvalue weighted by molar-refractivity contribution is 0.637. The molecule has 0 aliphatic carbocycles. The first-order chi connectivity index (χ1) is 11.7. The molecule has 3 aromatic rings. The summed E-state index contributed by atoms with van der Waals surface area (Å²) in [6.07, 6.45) is 3.49. The van der Waals surface area contributed by atoms with E-state index in [1.54, 1.807) is 6.33 Å². The zero-order chi connectivity index (χ0) is 16.5. The summed E-state index contributed by atoms with van der Waals surface area (Å²) in [7, 11) is 0. The molecule has 122 valence electrons. The predicted molar refractivity (Wildman–Crippen MR) is 95.5 cm³/mol. The highest BCUT2D eigenvalue weighted by molar-refractivity contribution is 5.76. The average molecular weight is 320 g/mol. The zero-order valence-corrected chi connectivity index (χ0v) is 14.0. The van der Waals surface area contributed by atoms with E-state index < -0.39 is 0 Å². The maximum absolute atomic E-state index is 4.83. The summed E-state index contributed by atoms with van der Waals surface area (Å²) in [6.45, 7) is 7.77. The molecule has 6 nitrogen and oxygen atoms in total. The number of para-hydroxylation sites is 2. The molecule has 0 radical (unpaired) electrons. The Labute approximate surface area is 141 Å². The minimum Gasteiger partial charge on any atom is -0.353 e. The molecule has 1 aliphatic rings. The molecule has 3 heterocycles. The van der Waals surface area contributed by atoms with Crippen LogP contribution in [0.4, 0.5) is 11.6 Å². The molecule has 0 unspecified atom stereocenters. The van der Waals surface area contributed by atoms with Crippen molar-refractivity contribution in [3.05, 3.63) is 48.0 Å². The van der Waals surface area contributed by atoms with Crippen molar-refractivity contribution in [3.8, 4) is 0 Å². The summed E-state index contributed by atoms with van der Waals surface area (Å²) in [5.74, 6) is 2.03. The Hall–Kier alpha value is -2.76. The fourth-order valence-electron chi connectivity index (χ4n) is 3.23. The van der Waals surface area contributed by atoms with Crippen LogP contribution in [0.15, 0.2) is 36.8 Å². The molecule has 1 aliphatic heterocycles. The van der Waals surface area contributed by atoms with Crippen molar-refractivity contribution in [2.75, 3.05) is 36.0 Å². The van der Waals surface area contributed by atoms with Crippen molar-refractivity contribution >= 4 is 22.7 Å². The van der Waals surface area contributed by atoms with Crippen LogP contribution in [0.1, 0.15) is 11.3 Å². The van der Waals surface area contributed by atoms with Crippen LogP contribution in [0.2, 0.25) is 0 Å². The van der Waals surface area contributed by atoms with Gasteiger partial charge in [0.15, 0.2) is 5.82 Å². The molecule has 0 atom stereocenters. The number of anilines is 2. The van der Waals surface area contributed by atoms with Crippen LogP contribution in [-0.2, 0) is 0 Å². The van der Waals surface area contributed by atoms with Gasteiger partial charge in [0, 0.05) is 37.9 Å². The quantitative estimate of drug-likeness (QED) is 0.722. The van der Waals surface area contributed by atoms with E-state index in [-0.39, 0.29) is 0 Å². The molecule has 0 spiro atoms. The van der Waals surface area contributed by atoms with Crippen LogP contribution in [0.25, 0.3) is 11.0 Å². The molecule has 24 heavy (non-hydrogen) atoms. The maximum Gasteiger partial charge on any atom is 0.150 e. The largest absolute Gasteiger partial charge is 0.353 e. The Morgan fingerprint density at radius 3 is 2.12 bits per heavy atom. The van der Waals surface area contributed by atoms with Crippen LogP contribution < -0.4 is 9.80 Å². The number of nitrogens with zero attached hydrogens (tertiary/aromatic N) is 6. The van der Waals surface area contributed by atoms with E-state index in [2.05, 4.69) is 26.7 Å². The van der Waals surface area contributed by atoms with Crippen molar-refractivity contribution in [2.45, 2.75) is 13.8 Å². The predicted octanol–water partition coefficient (Wildman–Crippen LogP) is 2.36. The van der Waals surface area contributed by atoms with E-state index in [0.717, 1.165) is 60.1 Å². The van der Waals surface area contributed by atoms with Crippen molar-refractivity contribution in [1.82, 2.24) is 19.9 Å². The van der Waals surface area contributed by atoms with Gasteiger partial charge in [-0.05, 0) is 26.0 Å². The van der Waals surface area contributed by atoms with Crippen LogP contribution >= 0.6 is 0 Å². The molecular formula is C18H20N6. The molecule has 0 saturated carbocycles. The first-order valence-electron chi connectivity index (χ1n) is 8.22. The summed E-state index contributed by atoms with van der Waals surface area (Å²) in [5, 5.41) is 0. The van der Waals surface area contributed by atoms with Gasteiger partial charge in [-0.2, -0.15) is 0 Å². The number of aryl methyl sites for hydroxylation is 2. The van der Waals surface area contributed by atoms with Crippen LogP contribution in [0.5, 0.6) is 0 Å². The highest BCUT2D eigenvalue weighted by Gasteiger charge is 2.22. The second kappa shape index (κ2) is 6.03. The fourth-order valence-corrected chi connectivity index (χ4v) is 3.23. The summed E-state index contributed by atoms with van der Waals surface area (Å²) in [5.41, 5.74) is 4.01. The average Bonchev–Trinajstić information content (AvgIpc) is 2.62. The topological polar surface area (TPSA) is 58.0 Å². The molecular weight excluding hydrogens is 300 g/mol. The number of rotatable bonds is 2. The molecule has 0 amide bonds. The Bertz CT molecular complexity index is 870. The van der Waals surface area contributed by atoms with E-state index in [1.165, 1.54) is 0 Å². The van der Waals surface area contributed by atoms with Gasteiger partial charge >= 0.3 is 0 Å². The lowest BCUT2D eigenvalue weighted by Crippen LogP contribution is -2.47. The van der Waals surface area contributed by atoms with Crippen LogP contribution in [-0.4, -0.2) is 46.1 Å². The highest BCUT2D eigenvalue weighted by atomic mass is 15.3. The number of aromatic nitrogens is 4. The van der Waals surface area contributed by atoms with E-state index in [0.29, 0.717) is 0 Å². The minimum atomic E-state index is 0.914. The Balaban J connectivity index is 1.56. The third-order valence-electron chi connectivity index (χ3n) is 4.47. The minimum absolute atomic E-state index is 0.914. The lowest BCUT2D eigenvalue weighted by Gasteiger charge is -2.36. The molecule has 1 saturated heterocycles. The molecule has 0 bridgehead atoms. The smallest absolute Gasteiger partial charge is 0.150 e. The van der Waals surface area contributed by atoms with Gasteiger partial charge in [0.2, 0.25) is 0 Å². The second-order valence-electron chi connectivity index (χ2n) is 6.12. The van der Waals surface area contributed by atoms with Gasteiger partial charge in [0.05, 0.1) is 16.7 Å². The Kier molecular flexibility index (Phi) is 3.72. The lowest BCUT2D eigenvalue weighted by atomic mass is 10.2. The number of hydrogen-bond acceptors (Lipinski definition) is 6. The van der Waals surface area contributed by atoms with E-state index in [1.807, 2.05) is 37.4 Å². The molecule has 2 aromatic heterocycles. The van der Waals surface area contributed by atoms with E-state index in [9.17, 15) is 0 Å². The highest BCUT2D eigenvalue weighted by Crippen LogP contribution is 2.23. The summed E-state index contributed by atoms with van der Waals surface area (Å²) < 4.78 is 0. The third-order valence-corrected chi connectivity index (χ3v) is 4.47. The molecule has 1 aromatic carbocycles. The molecule has 1 fully saturated rings. The van der Waals surface area contributed by atoms with Gasteiger partial charge in [0.25, 0.3) is 0 Å². The van der Waals surface area contributed by atoms with Gasteiger partial charge in [-0.25, -0.2) is 19.9 Å². The van der Waals surface area contributed by atoms with Crippen molar-refractivity contribution in [3.63, 3.8) is 0 Å². The number of hydrogen-bond donors (Lipinski definition) is 0. The molecule has 4 rings (SSSR count). The number of piperazine rings is 1. The van der Waals surface area contributed by atoms with E-state index in [4.69, 9.17) is 9.97 Å². The normalized spacial score (nSPS) is 15.1. The second-order valence-corrected chi connectivity index (χ2v) is 6.12. The van der Waals surface area contributed by atoms with Crippen molar-refractivity contribution < 1.29 is 0 Å². The SMILES string of the molecule is Cc1cncnc1N1CCN(c2nc3ccccc3nc2C)CC1. The summed E-state index contributed by atoms with van der Waals surface area (Å²) in [6, 6.07) is 8.03. The van der Waals surface area contributed by atoms with Gasteiger partial charge in [-0.1, -0.05) is 12.1 Å². The Morgan fingerprint density at radius 2 is 1.46 bits per heavy atom. The monoisotopic (exact) mass is 320 g/mol. The van der Waals surface area contributed by atoms with Gasteiger partial charge in [-0.3, -0.25) is 0 Å². The van der Waals surface area contributed by atoms with E-state index >= 15 is 0 Å². The van der Waals surface area contributed by atoms with Crippen molar-refractivity contribution in [2.24, 2.45) is 0 Å². The standard InChI is InChI=1S/C18H20N6/c1-13-11-19-12-20-17(13)23-7-9-24(10-8-23)18-14(2)21-15-5-3-4-6-16(15)22-18/h3-6,11-12H,7-10H2,1-2H3. The number of benzene rings is 1. The van der Waals surface area contributed by atoms with Crippen molar-refractivity contribution in [1.29, 1.82) is 0 Å².